The maximum Gasteiger partial charge on any atom is 0.204 e. The van der Waals surface area contributed by atoms with Crippen LogP contribution < -0.4 is 5.32 Å². The van der Waals surface area contributed by atoms with Crippen LogP contribution in [-0.2, 0) is 6.54 Å². The molecule has 0 amide bonds. The number of hydrogen-bond donors (Lipinski definition) is 1. The average molecular weight is 162 g/mol. The molecule has 0 spiro atoms. The third-order valence-corrected chi connectivity index (χ3v) is 2.09. The Balaban J connectivity index is 2.56. The van der Waals surface area contributed by atoms with Crippen LogP contribution in [0.5, 0.6) is 0 Å². The molecule has 0 radical (unpaired) electrons. The first-order valence-electron chi connectivity index (χ1n) is 4.04. The van der Waals surface area contributed by atoms with E-state index in [1.807, 2.05) is 11.5 Å². The van der Waals surface area contributed by atoms with Crippen molar-refractivity contribution in [3.63, 3.8) is 0 Å². The Morgan fingerprint density at radius 3 is 3.25 bits per heavy atom. The van der Waals surface area contributed by atoms with E-state index in [1.165, 1.54) is 0 Å². The van der Waals surface area contributed by atoms with Gasteiger partial charge in [0.1, 0.15) is 11.8 Å². The van der Waals surface area contributed by atoms with Gasteiger partial charge in [-0.15, -0.1) is 0 Å². The molecule has 1 aromatic rings. The number of anilines is 1. The molecule has 2 heterocycles. The van der Waals surface area contributed by atoms with Crippen LogP contribution in [0.3, 0.4) is 0 Å². The highest BCUT2D eigenvalue weighted by molar-refractivity contribution is 5.40. The van der Waals surface area contributed by atoms with Crippen molar-refractivity contribution in [3.8, 4) is 6.07 Å². The zero-order chi connectivity index (χ0) is 8.55. The van der Waals surface area contributed by atoms with E-state index < -0.39 is 0 Å². The Morgan fingerprint density at radius 1 is 1.67 bits per heavy atom. The molecular weight excluding hydrogens is 152 g/mol. The van der Waals surface area contributed by atoms with Crippen molar-refractivity contribution in [3.05, 3.63) is 11.4 Å². The summed E-state index contributed by atoms with van der Waals surface area (Å²) in [4.78, 5) is 4.25. The maximum atomic E-state index is 8.82. The van der Waals surface area contributed by atoms with E-state index in [4.69, 9.17) is 5.26 Å². The summed E-state index contributed by atoms with van der Waals surface area (Å²) in [6.45, 7) is 3.74. The minimum Gasteiger partial charge on any atom is -0.356 e. The van der Waals surface area contributed by atoms with Gasteiger partial charge in [0.05, 0.1) is 5.69 Å². The minimum atomic E-state index is 0.692. The van der Waals surface area contributed by atoms with Gasteiger partial charge in [-0.3, -0.25) is 0 Å². The predicted molar refractivity (Wildman–Crippen MR) is 44.8 cm³/mol. The lowest BCUT2D eigenvalue weighted by Crippen LogP contribution is -2.18. The topological polar surface area (TPSA) is 53.6 Å². The van der Waals surface area contributed by atoms with Gasteiger partial charge in [-0.2, -0.15) is 5.26 Å². The van der Waals surface area contributed by atoms with Gasteiger partial charge in [0.2, 0.25) is 5.95 Å². The Labute approximate surface area is 70.8 Å². The van der Waals surface area contributed by atoms with Crippen LogP contribution in [0.2, 0.25) is 0 Å². The highest BCUT2D eigenvalue weighted by atomic mass is 15.2. The number of nitriles is 1. The van der Waals surface area contributed by atoms with Gasteiger partial charge in [0.15, 0.2) is 0 Å². The van der Waals surface area contributed by atoms with Crippen LogP contribution in [0, 0.1) is 18.3 Å². The molecule has 0 atom stereocenters. The number of rotatable bonds is 0. The molecular formula is C8H10N4. The van der Waals surface area contributed by atoms with Gasteiger partial charge in [0.25, 0.3) is 0 Å². The molecule has 2 rings (SSSR count). The molecule has 0 aliphatic carbocycles. The van der Waals surface area contributed by atoms with Crippen molar-refractivity contribution < 1.29 is 0 Å². The smallest absolute Gasteiger partial charge is 0.204 e. The number of nitrogens with zero attached hydrogens (tertiary/aromatic N) is 3. The Hall–Kier alpha value is -1.50. The van der Waals surface area contributed by atoms with Crippen LogP contribution in [0.25, 0.3) is 0 Å². The first-order chi connectivity index (χ1) is 5.83. The van der Waals surface area contributed by atoms with Gasteiger partial charge in [-0.05, 0) is 13.3 Å². The maximum absolute atomic E-state index is 8.82. The number of aromatic nitrogens is 2. The predicted octanol–water partition coefficient (Wildman–Crippen LogP) is 0.879. The molecule has 1 aromatic heterocycles. The second-order valence-electron chi connectivity index (χ2n) is 2.91. The van der Waals surface area contributed by atoms with Gasteiger partial charge in [-0.1, -0.05) is 0 Å². The number of imidazole rings is 1. The van der Waals surface area contributed by atoms with Crippen LogP contribution in [0.1, 0.15) is 17.8 Å². The highest BCUT2D eigenvalue weighted by Gasteiger charge is 2.15. The number of hydrogen-bond acceptors (Lipinski definition) is 3. The first-order valence-corrected chi connectivity index (χ1v) is 4.04. The summed E-state index contributed by atoms with van der Waals surface area (Å²) in [5.74, 6) is 0.843. The summed E-state index contributed by atoms with van der Waals surface area (Å²) in [6, 6.07) is 2.16. The number of aryl methyl sites for hydroxylation is 1. The molecule has 0 aromatic carbocycles. The van der Waals surface area contributed by atoms with Crippen LogP contribution >= 0.6 is 0 Å². The van der Waals surface area contributed by atoms with Crippen LogP contribution in [0.15, 0.2) is 0 Å². The van der Waals surface area contributed by atoms with E-state index in [-0.39, 0.29) is 0 Å². The van der Waals surface area contributed by atoms with E-state index in [0.717, 1.165) is 31.2 Å². The highest BCUT2D eigenvalue weighted by Crippen LogP contribution is 2.18. The van der Waals surface area contributed by atoms with Gasteiger partial charge in [0, 0.05) is 13.1 Å². The summed E-state index contributed by atoms with van der Waals surface area (Å²) in [5, 5.41) is 12.0. The third-order valence-electron chi connectivity index (χ3n) is 2.09. The van der Waals surface area contributed by atoms with E-state index in [9.17, 15) is 0 Å². The third kappa shape index (κ3) is 0.866. The zero-order valence-electron chi connectivity index (χ0n) is 6.96. The molecule has 1 aliphatic rings. The summed E-state index contributed by atoms with van der Waals surface area (Å²) in [7, 11) is 0. The fourth-order valence-electron chi connectivity index (χ4n) is 1.50. The second-order valence-corrected chi connectivity index (χ2v) is 2.91. The van der Waals surface area contributed by atoms with Gasteiger partial charge in [-0.25, -0.2) is 4.98 Å². The standard InChI is InChI=1S/C8H10N4/c1-6-7(5-9)12-4-2-3-10-8(12)11-6/h2-4H2,1H3,(H,10,11). The molecule has 62 valence electrons. The van der Waals surface area contributed by atoms with Crippen molar-refractivity contribution in [2.24, 2.45) is 0 Å². The lowest BCUT2D eigenvalue weighted by molar-refractivity contribution is 0.622. The normalized spacial score (nSPS) is 14.7. The average Bonchev–Trinajstić information content (AvgIpc) is 2.40. The Kier molecular flexibility index (Phi) is 1.51. The van der Waals surface area contributed by atoms with E-state index in [2.05, 4.69) is 16.4 Å². The molecule has 0 unspecified atom stereocenters. The molecule has 1 N–H and O–H groups in total. The summed E-state index contributed by atoms with van der Waals surface area (Å²) in [6.07, 6.45) is 1.07. The Morgan fingerprint density at radius 2 is 2.50 bits per heavy atom. The van der Waals surface area contributed by atoms with Crippen LogP contribution in [0.4, 0.5) is 5.95 Å². The SMILES string of the molecule is Cc1nc2n(c1C#N)CCCN2. The Bertz CT molecular complexity index is 345. The zero-order valence-corrected chi connectivity index (χ0v) is 6.96. The molecule has 0 saturated carbocycles. The second kappa shape index (κ2) is 2.52. The fourth-order valence-corrected chi connectivity index (χ4v) is 1.50. The summed E-state index contributed by atoms with van der Waals surface area (Å²) < 4.78 is 1.94. The first kappa shape index (κ1) is 7.17. The van der Waals surface area contributed by atoms with E-state index >= 15 is 0 Å². The van der Waals surface area contributed by atoms with Crippen molar-refractivity contribution >= 4 is 5.95 Å². The lowest BCUT2D eigenvalue weighted by atomic mass is 10.3. The fraction of sp³-hybridized carbons (Fsp3) is 0.500. The number of fused-ring (bicyclic) bond motifs is 1. The van der Waals surface area contributed by atoms with Crippen molar-refractivity contribution in [2.45, 2.75) is 19.9 Å². The van der Waals surface area contributed by atoms with Gasteiger partial charge >= 0.3 is 0 Å². The van der Waals surface area contributed by atoms with Crippen LogP contribution in [-0.4, -0.2) is 16.1 Å². The summed E-state index contributed by atoms with van der Waals surface area (Å²) in [5.41, 5.74) is 1.51. The van der Waals surface area contributed by atoms with E-state index in [1.54, 1.807) is 0 Å². The van der Waals surface area contributed by atoms with Crippen molar-refractivity contribution in [2.75, 3.05) is 11.9 Å². The molecule has 4 heteroatoms. The minimum absolute atomic E-state index is 0.692. The summed E-state index contributed by atoms with van der Waals surface area (Å²) >= 11 is 0. The molecule has 0 bridgehead atoms. The molecule has 0 fully saturated rings. The quantitative estimate of drug-likeness (QED) is 0.616. The molecule has 12 heavy (non-hydrogen) atoms. The van der Waals surface area contributed by atoms with E-state index in [0.29, 0.717) is 5.69 Å². The monoisotopic (exact) mass is 162 g/mol. The van der Waals surface area contributed by atoms with Gasteiger partial charge < -0.3 is 9.88 Å². The molecule has 0 saturated heterocycles. The van der Waals surface area contributed by atoms with Crippen molar-refractivity contribution in [1.29, 1.82) is 5.26 Å². The molecule has 1 aliphatic heterocycles. The molecule has 4 nitrogen and oxygen atoms in total. The largest absolute Gasteiger partial charge is 0.356 e. The lowest BCUT2D eigenvalue weighted by Gasteiger charge is -2.15. The number of nitrogens with one attached hydrogen (secondary N) is 1. The van der Waals surface area contributed by atoms with Crippen molar-refractivity contribution in [1.82, 2.24) is 9.55 Å².